The van der Waals surface area contributed by atoms with E-state index in [0.29, 0.717) is 5.56 Å². The van der Waals surface area contributed by atoms with E-state index in [0.717, 1.165) is 0 Å². The topological polar surface area (TPSA) is 115 Å². The van der Waals surface area contributed by atoms with Crippen molar-refractivity contribution in [3.63, 3.8) is 0 Å². The van der Waals surface area contributed by atoms with Crippen LogP contribution in [0.4, 0.5) is 0 Å². The number of nitrogens with two attached hydrogens (primary N) is 1. The van der Waals surface area contributed by atoms with Crippen LogP contribution in [0.15, 0.2) is 18.3 Å². The molecule has 0 aromatic carbocycles. The van der Waals surface area contributed by atoms with Crippen LogP contribution in [0.3, 0.4) is 0 Å². The molecule has 2 amide bonds. The molecule has 1 heterocycles. The van der Waals surface area contributed by atoms with Gasteiger partial charge in [-0.2, -0.15) is 0 Å². The normalized spacial score (nSPS) is 9.45. The maximum absolute atomic E-state index is 11.7. The first kappa shape index (κ1) is 15.6. The Balaban J connectivity index is 2.38. The summed E-state index contributed by atoms with van der Waals surface area (Å²) in [5.41, 5.74) is 5.74. The number of hydrogen-bond donors (Lipinski definition) is 3. The van der Waals surface area contributed by atoms with Crippen molar-refractivity contribution in [1.29, 1.82) is 0 Å². The predicted molar refractivity (Wildman–Crippen MR) is 70.5 cm³/mol. The Morgan fingerprint density at radius 1 is 1.45 bits per heavy atom. The van der Waals surface area contributed by atoms with E-state index < -0.39 is 5.91 Å². The summed E-state index contributed by atoms with van der Waals surface area (Å²) in [6.45, 7) is 0.0362. The second-order valence-corrected chi connectivity index (χ2v) is 3.67. The summed E-state index contributed by atoms with van der Waals surface area (Å²) in [6, 6.07) is 3.16. The van der Waals surface area contributed by atoms with Crippen LogP contribution in [0.25, 0.3) is 0 Å². The lowest BCUT2D eigenvalue weighted by Crippen LogP contribution is -2.29. The minimum Gasteiger partial charge on any atom is -0.384 e. The number of aromatic nitrogens is 1. The van der Waals surface area contributed by atoms with Crippen molar-refractivity contribution in [2.24, 2.45) is 5.73 Å². The van der Waals surface area contributed by atoms with E-state index in [1.54, 1.807) is 6.07 Å². The van der Waals surface area contributed by atoms with Crippen molar-refractivity contribution in [2.75, 3.05) is 26.4 Å². The molecule has 0 spiro atoms. The molecular weight excluding hydrogens is 262 g/mol. The van der Waals surface area contributed by atoms with Gasteiger partial charge in [0.05, 0.1) is 6.61 Å². The van der Waals surface area contributed by atoms with Gasteiger partial charge < -0.3 is 20.9 Å². The van der Waals surface area contributed by atoms with Crippen LogP contribution in [0.1, 0.15) is 16.1 Å². The Bertz CT molecular complexity index is 517. The quantitative estimate of drug-likeness (QED) is 0.439. The highest BCUT2D eigenvalue weighted by Crippen LogP contribution is 1.98. The fourth-order valence-electron chi connectivity index (χ4n) is 1.24. The fourth-order valence-corrected chi connectivity index (χ4v) is 1.24. The first-order chi connectivity index (χ1) is 9.63. The Morgan fingerprint density at radius 3 is 2.85 bits per heavy atom. The van der Waals surface area contributed by atoms with Crippen molar-refractivity contribution >= 4 is 11.8 Å². The Kier molecular flexibility index (Phi) is 6.75. The molecule has 0 radical (unpaired) electrons. The molecule has 0 unspecified atom stereocenters. The zero-order valence-electron chi connectivity index (χ0n) is 10.8. The molecule has 7 nitrogen and oxygen atoms in total. The lowest BCUT2D eigenvalue weighted by Gasteiger charge is -2.04. The molecule has 0 atom stereocenters. The van der Waals surface area contributed by atoms with E-state index in [4.69, 9.17) is 15.6 Å². The molecule has 106 valence electrons. The molecule has 20 heavy (non-hydrogen) atoms. The van der Waals surface area contributed by atoms with Gasteiger partial charge in [0.2, 0.25) is 5.91 Å². The number of rotatable bonds is 6. The van der Waals surface area contributed by atoms with E-state index in [2.05, 4.69) is 22.1 Å². The summed E-state index contributed by atoms with van der Waals surface area (Å²) in [5, 5.41) is 11.1. The SMILES string of the molecule is NC(=O)COCCNC(=O)c1ccc(C#CCO)cn1. The lowest BCUT2D eigenvalue weighted by molar-refractivity contribution is -0.122. The summed E-state index contributed by atoms with van der Waals surface area (Å²) in [5.74, 6) is 4.24. The predicted octanol–water partition coefficient (Wildman–Crippen LogP) is -1.34. The number of nitrogens with one attached hydrogen (secondary N) is 1. The Hall–Kier alpha value is -2.43. The molecule has 7 heteroatoms. The van der Waals surface area contributed by atoms with Gasteiger partial charge in [-0.1, -0.05) is 11.8 Å². The van der Waals surface area contributed by atoms with Crippen LogP contribution in [0, 0.1) is 11.8 Å². The van der Waals surface area contributed by atoms with E-state index in [9.17, 15) is 9.59 Å². The highest BCUT2D eigenvalue weighted by molar-refractivity contribution is 5.92. The maximum atomic E-state index is 11.7. The van der Waals surface area contributed by atoms with Gasteiger partial charge in [-0.15, -0.1) is 0 Å². The van der Waals surface area contributed by atoms with E-state index in [1.807, 2.05) is 0 Å². The third kappa shape index (κ3) is 5.95. The standard InChI is InChI=1S/C13H15N3O4/c14-12(18)9-20-7-5-15-13(19)11-4-3-10(8-16-11)2-1-6-17/h3-4,8,17H,5-7,9H2,(H2,14,18)(H,15,19). The Labute approximate surface area is 116 Å². The number of ether oxygens (including phenoxy) is 1. The summed E-state index contributed by atoms with van der Waals surface area (Å²) in [7, 11) is 0. The molecule has 0 bridgehead atoms. The summed E-state index contributed by atoms with van der Waals surface area (Å²) in [6.07, 6.45) is 1.45. The summed E-state index contributed by atoms with van der Waals surface area (Å²) < 4.78 is 4.89. The summed E-state index contributed by atoms with van der Waals surface area (Å²) in [4.78, 5) is 26.0. The first-order valence-corrected chi connectivity index (χ1v) is 5.83. The van der Waals surface area contributed by atoms with Gasteiger partial charge in [0.1, 0.15) is 18.9 Å². The number of carbonyl (C=O) groups is 2. The second-order valence-electron chi connectivity index (χ2n) is 3.67. The highest BCUT2D eigenvalue weighted by atomic mass is 16.5. The minimum atomic E-state index is -0.558. The molecule has 1 aromatic rings. The van der Waals surface area contributed by atoms with Crippen LogP contribution < -0.4 is 11.1 Å². The minimum absolute atomic E-state index is 0.174. The largest absolute Gasteiger partial charge is 0.384 e. The third-order valence-corrected chi connectivity index (χ3v) is 2.08. The maximum Gasteiger partial charge on any atom is 0.269 e. The van der Waals surface area contributed by atoms with Crippen LogP contribution in [0.5, 0.6) is 0 Å². The zero-order chi connectivity index (χ0) is 14.8. The summed E-state index contributed by atoms with van der Waals surface area (Å²) >= 11 is 0. The molecule has 1 aromatic heterocycles. The number of carbonyl (C=O) groups excluding carboxylic acids is 2. The smallest absolute Gasteiger partial charge is 0.269 e. The van der Waals surface area contributed by atoms with E-state index in [-0.39, 0.29) is 38.0 Å². The molecular formula is C13H15N3O4. The lowest BCUT2D eigenvalue weighted by atomic mass is 10.2. The van der Waals surface area contributed by atoms with Gasteiger partial charge >= 0.3 is 0 Å². The third-order valence-electron chi connectivity index (χ3n) is 2.08. The van der Waals surface area contributed by atoms with Gasteiger partial charge in [0.25, 0.3) is 5.91 Å². The van der Waals surface area contributed by atoms with Crippen molar-refractivity contribution < 1.29 is 19.4 Å². The van der Waals surface area contributed by atoms with Crippen molar-refractivity contribution in [2.45, 2.75) is 0 Å². The van der Waals surface area contributed by atoms with Crippen LogP contribution >= 0.6 is 0 Å². The molecule has 0 aliphatic heterocycles. The molecule has 0 fully saturated rings. The average Bonchev–Trinajstić information content (AvgIpc) is 2.44. The molecule has 0 saturated carbocycles. The number of pyridine rings is 1. The monoisotopic (exact) mass is 277 g/mol. The van der Waals surface area contributed by atoms with Crippen LogP contribution in [-0.2, 0) is 9.53 Å². The number of primary amides is 1. The molecule has 0 saturated heterocycles. The number of amides is 2. The number of aliphatic hydroxyl groups is 1. The van der Waals surface area contributed by atoms with E-state index >= 15 is 0 Å². The van der Waals surface area contributed by atoms with Crippen molar-refractivity contribution in [3.8, 4) is 11.8 Å². The van der Waals surface area contributed by atoms with Gasteiger partial charge in [0.15, 0.2) is 0 Å². The van der Waals surface area contributed by atoms with Gasteiger partial charge in [-0.05, 0) is 12.1 Å². The number of nitrogens with zero attached hydrogens (tertiary/aromatic N) is 1. The van der Waals surface area contributed by atoms with E-state index in [1.165, 1.54) is 12.3 Å². The molecule has 4 N–H and O–H groups in total. The van der Waals surface area contributed by atoms with Crippen LogP contribution in [-0.4, -0.2) is 48.3 Å². The first-order valence-electron chi connectivity index (χ1n) is 5.83. The Morgan fingerprint density at radius 2 is 2.25 bits per heavy atom. The highest BCUT2D eigenvalue weighted by Gasteiger charge is 2.05. The van der Waals surface area contributed by atoms with Crippen LogP contribution in [0.2, 0.25) is 0 Å². The van der Waals surface area contributed by atoms with Gasteiger partial charge in [-0.25, -0.2) is 4.98 Å². The number of hydrogen-bond acceptors (Lipinski definition) is 5. The van der Waals surface area contributed by atoms with Gasteiger partial charge in [0, 0.05) is 18.3 Å². The molecule has 1 rings (SSSR count). The second kappa shape index (κ2) is 8.63. The average molecular weight is 277 g/mol. The van der Waals surface area contributed by atoms with Gasteiger partial charge in [-0.3, -0.25) is 9.59 Å². The van der Waals surface area contributed by atoms with Crippen molar-refractivity contribution in [3.05, 3.63) is 29.6 Å². The number of aliphatic hydroxyl groups excluding tert-OH is 1. The molecule has 0 aliphatic carbocycles. The zero-order valence-corrected chi connectivity index (χ0v) is 10.8. The molecule has 0 aliphatic rings. The van der Waals surface area contributed by atoms with Crippen molar-refractivity contribution in [1.82, 2.24) is 10.3 Å². The fraction of sp³-hybridized carbons (Fsp3) is 0.308.